The Bertz CT molecular complexity index is 2150. The van der Waals surface area contributed by atoms with Crippen LogP contribution < -0.4 is 4.90 Å². The molecule has 0 N–H and O–H groups in total. The molecule has 0 radical (unpaired) electrons. The average molecular weight is 812 g/mol. The fourth-order valence-electron chi connectivity index (χ4n) is 7.41. The zero-order valence-corrected chi connectivity index (χ0v) is 35.1. The van der Waals surface area contributed by atoms with Gasteiger partial charge in [0.15, 0.2) is 12.3 Å². The zero-order valence-electron chi connectivity index (χ0n) is 32.0. The molecule has 0 atom stereocenters. The number of aryl methyl sites for hydroxylation is 1. The minimum atomic E-state index is -4.27. The number of hydrogen-bond donors (Lipinski definition) is 0. The summed E-state index contributed by atoms with van der Waals surface area (Å²) in [6.07, 6.45) is 11.9. The van der Waals surface area contributed by atoms with Crippen molar-refractivity contribution in [3.05, 3.63) is 134 Å². The van der Waals surface area contributed by atoms with Crippen molar-refractivity contribution in [2.45, 2.75) is 69.6 Å². The number of fused-ring (bicyclic) bond motifs is 2. The van der Waals surface area contributed by atoms with Crippen molar-refractivity contribution in [1.82, 2.24) is 0 Å². The van der Waals surface area contributed by atoms with Crippen LogP contribution in [0, 0.1) is 6.92 Å². The first-order chi connectivity index (χ1) is 25.5. The van der Waals surface area contributed by atoms with Crippen LogP contribution in [0.3, 0.4) is 0 Å². The first-order valence-corrected chi connectivity index (χ1v) is 20.6. The molecule has 0 spiro atoms. The third-order valence-corrected chi connectivity index (χ3v) is 12.2. The zero-order chi connectivity index (χ0) is 39.4. The number of benzene rings is 3. The molecule has 3 aromatic rings. The molecule has 0 unspecified atom stereocenters. The topological polar surface area (TPSA) is 81.9 Å². The molecule has 7 nitrogen and oxygen atoms in total. The standard InChI is InChI=1S/C36H42Cl3N2O2.C7H8O3S/c1-35(2)28-22-26(37)12-14-30(28)40(18-20-42-5)32(35)16-10-24-8-7-9-25(34(24)39)11-17-33-36(3,4)29-23-27(38)13-15-31(29)41(33)19-21-43-6;1-6-2-4-7(5-3-6)11(8,9)10/h10-17,22-23H,7-9,18-21H2,1-6H3;2-5H,1H3,(H,8,9,10)/q+1;/p-1. The van der Waals surface area contributed by atoms with E-state index in [2.05, 4.69) is 85.7 Å². The molecule has 0 fully saturated rings. The Kier molecular flexibility index (Phi) is 13.4. The van der Waals surface area contributed by atoms with Gasteiger partial charge in [0, 0.05) is 70.3 Å². The molecule has 0 bridgehead atoms. The van der Waals surface area contributed by atoms with E-state index >= 15 is 0 Å². The van der Waals surface area contributed by atoms with Gasteiger partial charge in [-0.1, -0.05) is 78.5 Å². The van der Waals surface area contributed by atoms with E-state index in [0.717, 1.165) is 53.0 Å². The minimum Gasteiger partial charge on any atom is -0.744 e. The summed E-state index contributed by atoms with van der Waals surface area (Å²) in [6, 6.07) is 18.1. The highest BCUT2D eigenvalue weighted by Crippen LogP contribution is 2.49. The van der Waals surface area contributed by atoms with Crippen LogP contribution in [0.5, 0.6) is 0 Å². The summed E-state index contributed by atoms with van der Waals surface area (Å²) in [7, 11) is -0.784. The van der Waals surface area contributed by atoms with E-state index in [4.69, 9.17) is 44.3 Å². The van der Waals surface area contributed by atoms with Crippen molar-refractivity contribution in [1.29, 1.82) is 0 Å². The molecule has 288 valence electrons. The molecule has 0 saturated carbocycles. The molecule has 6 rings (SSSR count). The Balaban J connectivity index is 0.000000438. The van der Waals surface area contributed by atoms with E-state index in [0.29, 0.717) is 13.2 Å². The lowest BCUT2D eigenvalue weighted by Crippen LogP contribution is -2.29. The minimum absolute atomic E-state index is 0.178. The second kappa shape index (κ2) is 17.3. The number of methoxy groups -OCH3 is 2. The third-order valence-electron chi connectivity index (χ3n) is 10.4. The maximum Gasteiger partial charge on any atom is 0.209 e. The molecule has 2 heterocycles. The Labute approximate surface area is 336 Å². The predicted molar refractivity (Wildman–Crippen MR) is 221 cm³/mol. The van der Waals surface area contributed by atoms with Gasteiger partial charge in [-0.15, -0.1) is 0 Å². The first-order valence-electron chi connectivity index (χ1n) is 18.0. The van der Waals surface area contributed by atoms with Crippen LogP contribution in [0.15, 0.2) is 112 Å². The van der Waals surface area contributed by atoms with Crippen LogP contribution in [0.1, 0.15) is 63.6 Å². The molecule has 0 amide bonds. The highest BCUT2D eigenvalue weighted by Gasteiger charge is 2.44. The fraction of sp³-hybridized carbons (Fsp3) is 0.372. The van der Waals surface area contributed by atoms with Crippen molar-refractivity contribution < 1.29 is 27.0 Å². The molecule has 3 aliphatic rings. The van der Waals surface area contributed by atoms with E-state index in [1.807, 2.05) is 19.1 Å². The fourth-order valence-corrected chi connectivity index (χ4v) is 8.54. The monoisotopic (exact) mass is 810 g/mol. The molecule has 1 aliphatic carbocycles. The molecule has 2 aliphatic heterocycles. The first kappa shape index (κ1) is 41.9. The number of allylic oxidation sites excluding steroid dienone is 8. The summed E-state index contributed by atoms with van der Waals surface area (Å²) in [5, 5.41) is 2.35. The van der Waals surface area contributed by atoms with E-state index < -0.39 is 10.1 Å². The van der Waals surface area contributed by atoms with Crippen LogP contribution in [0.2, 0.25) is 10.0 Å². The van der Waals surface area contributed by atoms with Crippen molar-refractivity contribution in [2.75, 3.05) is 45.4 Å². The van der Waals surface area contributed by atoms with Crippen molar-refractivity contribution in [3.8, 4) is 0 Å². The summed E-state index contributed by atoms with van der Waals surface area (Å²) >= 11 is 20.0. The van der Waals surface area contributed by atoms with Gasteiger partial charge in [-0.25, -0.2) is 8.42 Å². The maximum atomic E-state index is 10.4. The Morgan fingerprint density at radius 3 is 2.13 bits per heavy atom. The molecular formula is C43H49Cl3N2O5S. The Morgan fingerprint density at radius 2 is 1.48 bits per heavy atom. The van der Waals surface area contributed by atoms with Gasteiger partial charge in [0.1, 0.15) is 16.7 Å². The summed E-state index contributed by atoms with van der Waals surface area (Å²) in [6.45, 7) is 13.6. The Hall–Kier alpha value is -3.21. The van der Waals surface area contributed by atoms with Gasteiger partial charge in [-0.05, 0) is 105 Å². The smallest absolute Gasteiger partial charge is 0.209 e. The van der Waals surface area contributed by atoms with Crippen molar-refractivity contribution in [2.24, 2.45) is 0 Å². The quantitative estimate of drug-likeness (QED) is 0.150. The van der Waals surface area contributed by atoms with E-state index in [9.17, 15) is 13.0 Å². The molecule has 11 heteroatoms. The van der Waals surface area contributed by atoms with Gasteiger partial charge in [0.2, 0.25) is 5.69 Å². The number of anilines is 1. The number of halogens is 3. The van der Waals surface area contributed by atoms with Crippen LogP contribution >= 0.6 is 34.8 Å². The summed E-state index contributed by atoms with van der Waals surface area (Å²) in [4.78, 5) is 2.17. The van der Waals surface area contributed by atoms with E-state index in [-0.39, 0.29) is 15.7 Å². The normalized spacial score (nSPS) is 19.1. The lowest BCUT2D eigenvalue weighted by atomic mass is 9.81. The van der Waals surface area contributed by atoms with Crippen molar-refractivity contribution >= 4 is 62.0 Å². The van der Waals surface area contributed by atoms with Crippen LogP contribution in [-0.4, -0.2) is 63.8 Å². The van der Waals surface area contributed by atoms with Gasteiger partial charge in [-0.2, -0.15) is 4.58 Å². The van der Waals surface area contributed by atoms with Gasteiger partial charge < -0.3 is 18.9 Å². The van der Waals surface area contributed by atoms with E-state index in [1.165, 1.54) is 57.2 Å². The van der Waals surface area contributed by atoms with Crippen LogP contribution in [-0.2, 0) is 30.4 Å². The molecule has 3 aromatic carbocycles. The summed E-state index contributed by atoms with van der Waals surface area (Å²) < 4.78 is 44.4. The average Bonchev–Trinajstić information content (AvgIpc) is 3.45. The molecule has 0 aromatic heterocycles. The van der Waals surface area contributed by atoms with Gasteiger partial charge in [0.05, 0.1) is 16.9 Å². The number of hydrogen-bond acceptors (Lipinski definition) is 6. The number of ether oxygens (including phenoxy) is 2. The van der Waals surface area contributed by atoms with Crippen LogP contribution in [0.4, 0.5) is 11.4 Å². The molecular weight excluding hydrogens is 763 g/mol. The second-order valence-electron chi connectivity index (χ2n) is 14.8. The highest BCUT2D eigenvalue weighted by molar-refractivity contribution is 7.85. The van der Waals surface area contributed by atoms with Crippen molar-refractivity contribution in [3.63, 3.8) is 0 Å². The largest absolute Gasteiger partial charge is 0.744 e. The lowest BCUT2D eigenvalue weighted by molar-refractivity contribution is -0.441. The molecule has 54 heavy (non-hydrogen) atoms. The van der Waals surface area contributed by atoms with Gasteiger partial charge >= 0.3 is 0 Å². The predicted octanol–water partition coefficient (Wildman–Crippen LogP) is 10.4. The molecule has 0 saturated heterocycles. The third kappa shape index (κ3) is 9.08. The number of nitrogens with zero attached hydrogens (tertiary/aromatic N) is 2. The van der Waals surface area contributed by atoms with Crippen LogP contribution in [0.25, 0.3) is 0 Å². The summed E-state index contributed by atoms with van der Waals surface area (Å²) in [5.74, 6) is 0. The van der Waals surface area contributed by atoms with Gasteiger partial charge in [0.25, 0.3) is 0 Å². The maximum absolute atomic E-state index is 10.4. The summed E-state index contributed by atoms with van der Waals surface area (Å²) in [5.41, 5.74) is 10.1. The lowest BCUT2D eigenvalue weighted by Gasteiger charge is -2.27. The highest BCUT2D eigenvalue weighted by atomic mass is 35.5. The number of rotatable bonds is 10. The SMILES string of the molecule is COCCN1/C(=C/C=C2/CCCC(/C=C/C3=[N+](CCOC)c4ccc(Cl)cc4C3(C)C)=C2Cl)C(C)(C)c2cc(Cl)ccc21.Cc1ccc(S(=O)(=O)[O-])cc1. The second-order valence-corrected chi connectivity index (χ2v) is 17.4. The van der Waals surface area contributed by atoms with Gasteiger partial charge in [-0.3, -0.25) is 0 Å². The van der Waals surface area contributed by atoms with E-state index in [1.54, 1.807) is 26.4 Å². The Morgan fingerprint density at radius 1 is 0.833 bits per heavy atom.